The van der Waals surface area contributed by atoms with E-state index in [1.54, 1.807) is 0 Å². The molecule has 0 aliphatic heterocycles. The smallest absolute Gasteiger partial charge is 0.247 e. The molecular weight excluding hydrogens is 216 g/mol. The number of aromatic nitrogens is 2. The van der Waals surface area contributed by atoms with Crippen LogP contribution in [0.4, 0.5) is 0 Å². The third kappa shape index (κ3) is 2.55. The van der Waals surface area contributed by atoms with Crippen molar-refractivity contribution in [2.75, 3.05) is 13.1 Å². The van der Waals surface area contributed by atoms with E-state index in [9.17, 15) is 8.42 Å². The molecule has 1 heterocycles. The molecule has 0 aromatic carbocycles. The van der Waals surface area contributed by atoms with Gasteiger partial charge in [0.05, 0.1) is 12.3 Å². The van der Waals surface area contributed by atoms with Crippen molar-refractivity contribution in [2.45, 2.75) is 18.2 Å². The van der Waals surface area contributed by atoms with Crippen molar-refractivity contribution < 1.29 is 8.42 Å². The number of nitriles is 1. The summed E-state index contributed by atoms with van der Waals surface area (Å²) in [6.45, 7) is 2.05. The Morgan fingerprint density at radius 1 is 1.67 bits per heavy atom. The molecule has 1 rings (SSSR count). The molecule has 0 spiro atoms. The van der Waals surface area contributed by atoms with Crippen LogP contribution in [0.1, 0.15) is 13.3 Å². The highest BCUT2D eigenvalue weighted by Crippen LogP contribution is 2.13. The minimum absolute atomic E-state index is 0.0891. The normalized spacial score (nSPS) is 11.5. The van der Waals surface area contributed by atoms with Crippen molar-refractivity contribution >= 4 is 10.0 Å². The molecule has 1 N–H and O–H groups in total. The van der Waals surface area contributed by atoms with E-state index in [0.717, 1.165) is 4.31 Å². The van der Waals surface area contributed by atoms with Gasteiger partial charge in [-0.1, -0.05) is 6.92 Å². The van der Waals surface area contributed by atoms with Gasteiger partial charge in [-0.2, -0.15) is 14.7 Å². The fraction of sp³-hybridized carbons (Fsp3) is 0.500. The van der Waals surface area contributed by atoms with Gasteiger partial charge in [0, 0.05) is 12.7 Å². The molecule has 0 aliphatic carbocycles. The fourth-order valence-corrected chi connectivity index (χ4v) is 2.48. The maximum atomic E-state index is 11.9. The Kier molecular flexibility index (Phi) is 3.82. The van der Waals surface area contributed by atoms with Crippen molar-refractivity contribution in [3.8, 4) is 6.07 Å². The number of rotatable bonds is 5. The van der Waals surface area contributed by atoms with Gasteiger partial charge in [-0.05, 0) is 6.42 Å². The number of nitrogens with zero attached hydrogens (tertiary/aromatic N) is 3. The number of hydrogen-bond acceptors (Lipinski definition) is 4. The number of H-pyrrole nitrogens is 1. The van der Waals surface area contributed by atoms with Gasteiger partial charge in [0.25, 0.3) is 0 Å². The highest BCUT2D eigenvalue weighted by Gasteiger charge is 2.24. The molecule has 0 aliphatic rings. The van der Waals surface area contributed by atoms with Gasteiger partial charge in [0.1, 0.15) is 11.4 Å². The molecular formula is C8H12N4O2S. The Morgan fingerprint density at radius 3 is 2.87 bits per heavy atom. The highest BCUT2D eigenvalue weighted by atomic mass is 32.2. The van der Waals surface area contributed by atoms with Gasteiger partial charge >= 0.3 is 0 Å². The first-order valence-electron chi connectivity index (χ1n) is 4.48. The molecule has 7 heteroatoms. The van der Waals surface area contributed by atoms with Crippen LogP contribution >= 0.6 is 0 Å². The molecule has 0 fully saturated rings. The van der Waals surface area contributed by atoms with E-state index in [0.29, 0.717) is 13.0 Å². The Hall–Kier alpha value is -1.39. The lowest BCUT2D eigenvalue weighted by Crippen LogP contribution is -2.32. The largest absolute Gasteiger partial charge is 0.284 e. The van der Waals surface area contributed by atoms with Crippen LogP contribution < -0.4 is 0 Å². The second-order valence-corrected chi connectivity index (χ2v) is 4.87. The lowest BCUT2D eigenvalue weighted by Gasteiger charge is -2.16. The minimum Gasteiger partial charge on any atom is -0.284 e. The van der Waals surface area contributed by atoms with Crippen LogP contribution in [0.2, 0.25) is 0 Å². The van der Waals surface area contributed by atoms with Gasteiger partial charge in [-0.3, -0.25) is 5.10 Å². The van der Waals surface area contributed by atoms with Crippen LogP contribution in [0, 0.1) is 11.3 Å². The Labute approximate surface area is 88.6 Å². The molecule has 0 saturated carbocycles. The summed E-state index contributed by atoms with van der Waals surface area (Å²) >= 11 is 0. The molecule has 0 bridgehead atoms. The zero-order chi connectivity index (χ0) is 11.3. The standard InChI is InChI=1S/C8H12N4O2S/c1-2-4-12(5-3-9)15(13,14)8-6-10-11-7-8/h6-7H,2,4-5H2,1H3,(H,10,11). The molecule has 0 radical (unpaired) electrons. The number of hydrogen-bond donors (Lipinski definition) is 1. The highest BCUT2D eigenvalue weighted by molar-refractivity contribution is 7.89. The molecule has 15 heavy (non-hydrogen) atoms. The van der Waals surface area contributed by atoms with Crippen LogP contribution in [-0.4, -0.2) is 36.0 Å². The zero-order valence-electron chi connectivity index (χ0n) is 8.34. The number of aromatic amines is 1. The summed E-state index contributed by atoms with van der Waals surface area (Å²) in [6.07, 6.45) is 3.20. The Bertz CT molecular complexity index is 432. The van der Waals surface area contributed by atoms with Crippen LogP contribution in [0.3, 0.4) is 0 Å². The van der Waals surface area contributed by atoms with Gasteiger partial charge in [-0.25, -0.2) is 8.42 Å². The average Bonchev–Trinajstić information content (AvgIpc) is 2.70. The molecule has 1 aromatic heterocycles. The van der Waals surface area contributed by atoms with Crippen LogP contribution in [0.25, 0.3) is 0 Å². The van der Waals surface area contributed by atoms with E-state index in [1.807, 2.05) is 13.0 Å². The van der Waals surface area contributed by atoms with Crippen molar-refractivity contribution in [3.05, 3.63) is 12.4 Å². The Balaban J connectivity index is 2.97. The molecule has 82 valence electrons. The first kappa shape index (κ1) is 11.7. The fourth-order valence-electron chi connectivity index (χ4n) is 1.14. The lowest BCUT2D eigenvalue weighted by atomic mass is 10.5. The van der Waals surface area contributed by atoms with Crippen molar-refractivity contribution in [3.63, 3.8) is 0 Å². The molecule has 1 aromatic rings. The number of sulfonamides is 1. The van der Waals surface area contributed by atoms with Gasteiger partial charge in [0.2, 0.25) is 10.0 Å². The van der Waals surface area contributed by atoms with E-state index in [1.165, 1.54) is 12.4 Å². The molecule has 6 nitrogen and oxygen atoms in total. The number of nitrogens with one attached hydrogen (secondary N) is 1. The van der Waals surface area contributed by atoms with E-state index < -0.39 is 10.0 Å². The van der Waals surface area contributed by atoms with Gasteiger partial charge < -0.3 is 0 Å². The van der Waals surface area contributed by atoms with Crippen molar-refractivity contribution in [1.29, 1.82) is 5.26 Å². The average molecular weight is 228 g/mol. The monoisotopic (exact) mass is 228 g/mol. The second kappa shape index (κ2) is 4.91. The van der Waals surface area contributed by atoms with E-state index in [4.69, 9.17) is 5.26 Å². The third-order valence-corrected chi connectivity index (χ3v) is 3.64. The van der Waals surface area contributed by atoms with Crippen molar-refractivity contribution in [1.82, 2.24) is 14.5 Å². The maximum Gasteiger partial charge on any atom is 0.247 e. The summed E-state index contributed by atoms with van der Waals surface area (Å²) in [7, 11) is -3.56. The molecule has 0 amide bonds. The summed E-state index contributed by atoms with van der Waals surface area (Å²) in [5.74, 6) is 0. The molecule has 0 atom stereocenters. The first-order chi connectivity index (χ1) is 7.12. The van der Waals surface area contributed by atoms with E-state index >= 15 is 0 Å². The van der Waals surface area contributed by atoms with E-state index in [2.05, 4.69) is 10.2 Å². The lowest BCUT2D eigenvalue weighted by molar-refractivity contribution is 0.444. The predicted molar refractivity (Wildman–Crippen MR) is 53.3 cm³/mol. The van der Waals surface area contributed by atoms with Gasteiger partial charge in [-0.15, -0.1) is 0 Å². The summed E-state index contributed by atoms with van der Waals surface area (Å²) in [4.78, 5) is 0.0891. The molecule has 0 saturated heterocycles. The summed E-state index contributed by atoms with van der Waals surface area (Å²) < 4.78 is 24.9. The third-order valence-electron chi connectivity index (χ3n) is 1.83. The predicted octanol–water partition coefficient (Wildman–Crippen LogP) is 0.334. The summed E-state index contributed by atoms with van der Waals surface area (Å²) in [5, 5.41) is 14.6. The quantitative estimate of drug-likeness (QED) is 0.735. The summed E-state index contributed by atoms with van der Waals surface area (Å²) in [5.41, 5.74) is 0. The van der Waals surface area contributed by atoms with Crippen molar-refractivity contribution in [2.24, 2.45) is 0 Å². The van der Waals surface area contributed by atoms with Crippen LogP contribution in [0.5, 0.6) is 0 Å². The van der Waals surface area contributed by atoms with Gasteiger partial charge in [0.15, 0.2) is 0 Å². The van der Waals surface area contributed by atoms with Crippen LogP contribution in [-0.2, 0) is 10.0 Å². The summed E-state index contributed by atoms with van der Waals surface area (Å²) in [6, 6.07) is 1.84. The maximum absolute atomic E-state index is 11.9. The minimum atomic E-state index is -3.56. The van der Waals surface area contributed by atoms with Crippen LogP contribution in [0.15, 0.2) is 17.3 Å². The Morgan fingerprint density at radius 2 is 2.40 bits per heavy atom. The topological polar surface area (TPSA) is 89.8 Å². The first-order valence-corrected chi connectivity index (χ1v) is 5.92. The van der Waals surface area contributed by atoms with E-state index in [-0.39, 0.29) is 11.4 Å². The second-order valence-electron chi connectivity index (χ2n) is 2.93. The SMILES string of the molecule is CCCN(CC#N)S(=O)(=O)c1cn[nH]c1. The molecule has 0 unspecified atom stereocenters. The zero-order valence-corrected chi connectivity index (χ0v) is 9.16.